The number of nitrogens with one attached hydrogen (secondary N) is 1. The van der Waals surface area contributed by atoms with Crippen LogP contribution in [0.15, 0.2) is 23.0 Å². The molecule has 1 N–H and O–H groups in total. The van der Waals surface area contributed by atoms with Crippen LogP contribution in [0.3, 0.4) is 0 Å². The molecule has 0 spiro atoms. The summed E-state index contributed by atoms with van der Waals surface area (Å²) in [6.45, 7) is 15.1. The third-order valence-electron chi connectivity index (χ3n) is 7.09. The fraction of sp³-hybridized carbons (Fsp3) is 0.556. The lowest BCUT2D eigenvalue weighted by atomic mass is 9.72. The molecule has 7 heteroatoms. The monoisotopic (exact) mass is 480 g/mol. The molecule has 34 heavy (non-hydrogen) atoms. The number of hydrogen-bond donors (Lipinski definition) is 1. The number of carbonyl (C=O) groups excluding carboxylic acids is 1. The van der Waals surface area contributed by atoms with Gasteiger partial charge in [-0.3, -0.25) is 9.59 Å². The molecule has 2 heterocycles. The van der Waals surface area contributed by atoms with Crippen molar-refractivity contribution < 1.29 is 4.79 Å². The number of hydrogen-bond acceptors (Lipinski definition) is 5. The Kier molecular flexibility index (Phi) is 6.69. The molecule has 4 rings (SSSR count). The summed E-state index contributed by atoms with van der Waals surface area (Å²) >= 11 is 1.59. The van der Waals surface area contributed by atoms with Gasteiger partial charge in [-0.05, 0) is 59.1 Å². The highest BCUT2D eigenvalue weighted by molar-refractivity contribution is 7.18. The highest BCUT2D eigenvalue weighted by atomic mass is 32.1. The molecule has 0 saturated heterocycles. The highest BCUT2D eigenvalue weighted by Crippen LogP contribution is 2.41. The molecule has 2 aromatic heterocycles. The first-order chi connectivity index (χ1) is 16.0. The van der Waals surface area contributed by atoms with Gasteiger partial charge in [0.15, 0.2) is 4.83 Å². The minimum absolute atomic E-state index is 0.152. The van der Waals surface area contributed by atoms with E-state index in [0.29, 0.717) is 16.1 Å². The van der Waals surface area contributed by atoms with Crippen LogP contribution in [0.4, 0.5) is 5.69 Å². The molecule has 1 aliphatic carbocycles. The SMILES string of the molecule is CC(C)c1cccc(C(C)C)c1NC(=O)Cn1nnc2sc3c(c2c1=O)CC[C@H](C(C)(C)C)C3. The number of aromatic nitrogens is 3. The molecular weight excluding hydrogens is 444 g/mol. The standard InChI is InChI=1S/C27H36N4O2S/c1-15(2)18-9-8-10-19(16(3)4)24(18)28-22(32)14-31-26(33)23-20-12-11-17(27(5,6)7)13-21(20)34-25(23)29-30-31/h8-10,15-17H,11-14H2,1-7H3,(H,28,32)/t17-/m0/s1. The van der Waals surface area contributed by atoms with Crippen LogP contribution < -0.4 is 10.9 Å². The molecule has 182 valence electrons. The largest absolute Gasteiger partial charge is 0.324 e. The minimum atomic E-state index is -0.261. The summed E-state index contributed by atoms with van der Waals surface area (Å²) in [6.07, 6.45) is 2.92. The molecule has 1 atom stereocenters. The van der Waals surface area contributed by atoms with Crippen molar-refractivity contribution in [3.8, 4) is 0 Å². The predicted molar refractivity (Wildman–Crippen MR) is 140 cm³/mol. The Balaban J connectivity index is 1.63. The molecule has 0 unspecified atom stereocenters. The average molecular weight is 481 g/mol. The second-order valence-electron chi connectivity index (χ2n) is 11.2. The number of nitrogens with zero attached hydrogens (tertiary/aromatic N) is 3. The smallest absolute Gasteiger partial charge is 0.279 e. The lowest BCUT2D eigenvalue weighted by Gasteiger charge is -2.33. The van der Waals surface area contributed by atoms with E-state index in [-0.39, 0.29) is 35.3 Å². The lowest BCUT2D eigenvalue weighted by molar-refractivity contribution is -0.117. The van der Waals surface area contributed by atoms with E-state index in [1.807, 2.05) is 18.2 Å². The number of anilines is 1. The summed E-state index contributed by atoms with van der Waals surface area (Å²) < 4.78 is 1.22. The topological polar surface area (TPSA) is 76.9 Å². The third kappa shape index (κ3) is 4.67. The Morgan fingerprint density at radius 3 is 2.41 bits per heavy atom. The maximum absolute atomic E-state index is 13.4. The van der Waals surface area contributed by atoms with E-state index in [2.05, 4.69) is 64.1 Å². The molecule has 0 bridgehead atoms. The van der Waals surface area contributed by atoms with Crippen molar-refractivity contribution in [1.29, 1.82) is 0 Å². The normalized spacial score (nSPS) is 16.3. The number of rotatable bonds is 5. The van der Waals surface area contributed by atoms with E-state index >= 15 is 0 Å². The van der Waals surface area contributed by atoms with Gasteiger partial charge >= 0.3 is 0 Å². The van der Waals surface area contributed by atoms with E-state index in [1.165, 1.54) is 9.56 Å². The summed E-state index contributed by atoms with van der Waals surface area (Å²) in [4.78, 5) is 28.4. The second-order valence-corrected chi connectivity index (χ2v) is 12.3. The van der Waals surface area contributed by atoms with Crippen LogP contribution in [0, 0.1) is 11.3 Å². The molecule has 1 aliphatic rings. The van der Waals surface area contributed by atoms with Crippen molar-refractivity contribution in [2.45, 2.75) is 86.1 Å². The first-order valence-corrected chi connectivity index (χ1v) is 13.1. The van der Waals surface area contributed by atoms with Gasteiger partial charge in [0.25, 0.3) is 5.56 Å². The zero-order valence-electron chi connectivity index (χ0n) is 21.4. The maximum Gasteiger partial charge on any atom is 0.279 e. The number of carbonyl (C=O) groups is 1. The van der Waals surface area contributed by atoms with Crippen molar-refractivity contribution in [2.24, 2.45) is 11.3 Å². The molecule has 6 nitrogen and oxygen atoms in total. The van der Waals surface area contributed by atoms with Crippen LogP contribution in [0.1, 0.15) is 88.3 Å². The molecule has 0 radical (unpaired) electrons. The van der Waals surface area contributed by atoms with Crippen LogP contribution in [0.2, 0.25) is 0 Å². The Morgan fingerprint density at radius 2 is 1.82 bits per heavy atom. The number of thiophene rings is 1. The summed E-state index contributed by atoms with van der Waals surface area (Å²) in [5.41, 5.74) is 4.16. The van der Waals surface area contributed by atoms with Crippen molar-refractivity contribution in [3.05, 3.63) is 50.1 Å². The van der Waals surface area contributed by atoms with Crippen LogP contribution in [-0.2, 0) is 24.2 Å². The average Bonchev–Trinajstić information content (AvgIpc) is 3.13. The Hall–Kier alpha value is -2.54. The highest BCUT2D eigenvalue weighted by Gasteiger charge is 2.32. The lowest BCUT2D eigenvalue weighted by Crippen LogP contribution is -2.31. The van der Waals surface area contributed by atoms with Crippen molar-refractivity contribution >= 4 is 33.1 Å². The quantitative estimate of drug-likeness (QED) is 0.494. The molecule has 0 fully saturated rings. The van der Waals surface area contributed by atoms with Gasteiger partial charge in [-0.1, -0.05) is 71.9 Å². The van der Waals surface area contributed by atoms with Gasteiger partial charge < -0.3 is 5.32 Å². The van der Waals surface area contributed by atoms with Gasteiger partial charge in [-0.2, -0.15) is 0 Å². The zero-order valence-corrected chi connectivity index (χ0v) is 22.2. The minimum Gasteiger partial charge on any atom is -0.324 e. The van der Waals surface area contributed by atoms with Crippen molar-refractivity contribution in [3.63, 3.8) is 0 Å². The Labute approximate surface area is 205 Å². The number of benzene rings is 1. The first kappa shape index (κ1) is 24.6. The predicted octanol–water partition coefficient (Wildman–Crippen LogP) is 5.89. The number of para-hydroxylation sites is 1. The molecule has 3 aromatic rings. The molecule has 0 saturated carbocycles. The van der Waals surface area contributed by atoms with Crippen LogP contribution >= 0.6 is 11.3 Å². The Morgan fingerprint density at radius 1 is 1.18 bits per heavy atom. The van der Waals surface area contributed by atoms with Crippen LogP contribution in [-0.4, -0.2) is 20.9 Å². The fourth-order valence-electron chi connectivity index (χ4n) is 4.98. The van der Waals surface area contributed by atoms with Gasteiger partial charge in [0.1, 0.15) is 6.54 Å². The summed E-state index contributed by atoms with van der Waals surface area (Å²) in [6, 6.07) is 6.13. The van der Waals surface area contributed by atoms with E-state index in [9.17, 15) is 9.59 Å². The van der Waals surface area contributed by atoms with Gasteiger partial charge in [-0.15, -0.1) is 16.4 Å². The van der Waals surface area contributed by atoms with Crippen LogP contribution in [0.25, 0.3) is 10.2 Å². The van der Waals surface area contributed by atoms with Crippen LogP contribution in [0.5, 0.6) is 0 Å². The van der Waals surface area contributed by atoms with E-state index in [0.717, 1.165) is 41.6 Å². The van der Waals surface area contributed by atoms with Gasteiger partial charge in [0.2, 0.25) is 5.91 Å². The number of aryl methyl sites for hydroxylation is 1. The molecule has 1 amide bonds. The number of fused-ring (bicyclic) bond motifs is 3. The summed E-state index contributed by atoms with van der Waals surface area (Å²) in [5.74, 6) is 0.858. The maximum atomic E-state index is 13.4. The first-order valence-electron chi connectivity index (χ1n) is 12.3. The Bertz CT molecular complexity index is 1250. The van der Waals surface area contributed by atoms with Crippen molar-refractivity contribution in [2.75, 3.05) is 5.32 Å². The van der Waals surface area contributed by atoms with Gasteiger partial charge in [0, 0.05) is 10.6 Å². The van der Waals surface area contributed by atoms with E-state index in [4.69, 9.17) is 0 Å². The van der Waals surface area contributed by atoms with E-state index < -0.39 is 0 Å². The molecular formula is C27H36N4O2S. The molecule has 1 aromatic carbocycles. The molecule has 0 aliphatic heterocycles. The zero-order chi connectivity index (χ0) is 24.8. The van der Waals surface area contributed by atoms with E-state index in [1.54, 1.807) is 11.3 Å². The fourth-order valence-corrected chi connectivity index (χ4v) is 6.21. The second kappa shape index (κ2) is 9.25. The summed E-state index contributed by atoms with van der Waals surface area (Å²) in [5, 5.41) is 12.2. The van der Waals surface area contributed by atoms with Gasteiger partial charge in [0.05, 0.1) is 5.39 Å². The third-order valence-corrected chi connectivity index (χ3v) is 8.23. The van der Waals surface area contributed by atoms with Crippen molar-refractivity contribution in [1.82, 2.24) is 15.0 Å². The summed E-state index contributed by atoms with van der Waals surface area (Å²) in [7, 11) is 0. The van der Waals surface area contributed by atoms with Gasteiger partial charge in [-0.25, -0.2) is 4.68 Å². The number of amides is 1.